The highest BCUT2D eigenvalue weighted by Gasteiger charge is 2.28. The first-order valence-electron chi connectivity index (χ1n) is 12.2. The van der Waals surface area contributed by atoms with Gasteiger partial charge in [0.15, 0.2) is 11.5 Å². The van der Waals surface area contributed by atoms with Crippen LogP contribution in [0.3, 0.4) is 0 Å². The van der Waals surface area contributed by atoms with Crippen molar-refractivity contribution in [1.29, 1.82) is 0 Å². The summed E-state index contributed by atoms with van der Waals surface area (Å²) in [6.45, 7) is 6.42. The summed E-state index contributed by atoms with van der Waals surface area (Å²) in [7, 11) is -3.63. The van der Waals surface area contributed by atoms with Crippen molar-refractivity contribution >= 4 is 39.1 Å². The predicted octanol–water partition coefficient (Wildman–Crippen LogP) is 3.60. The highest BCUT2D eigenvalue weighted by Crippen LogP contribution is 2.34. The van der Waals surface area contributed by atoms with E-state index in [2.05, 4.69) is 5.32 Å². The molecule has 2 aromatic carbocycles. The van der Waals surface area contributed by atoms with Crippen LogP contribution in [0.1, 0.15) is 39.2 Å². The third-order valence-corrected chi connectivity index (χ3v) is 7.43. The number of sulfonamides is 1. The molecule has 0 unspecified atom stereocenters. The number of anilines is 1. The molecule has 0 aromatic heterocycles. The molecule has 1 N–H and O–H groups in total. The monoisotopic (exact) mass is 551 g/mol. The zero-order chi connectivity index (χ0) is 27.2. The van der Waals surface area contributed by atoms with E-state index in [1.54, 1.807) is 37.3 Å². The topological polar surface area (TPSA) is 105 Å². The standard InChI is InChI=1S/C26H34ClN3O6S/c1-18(2)28-26(32)19(3)29(17-20-8-5-6-9-22(20)27)25(31)10-7-13-30(37(4,33)34)21-11-12-23-24(16-21)36-15-14-35-23/h5-6,8-9,11-12,16,18-19H,7,10,13-15,17H2,1-4H3,(H,28,32)/t19-/m1/s1. The van der Waals surface area contributed by atoms with Crippen LogP contribution in [-0.2, 0) is 26.2 Å². The molecule has 0 fully saturated rings. The molecule has 0 saturated carbocycles. The van der Waals surface area contributed by atoms with Crippen LogP contribution in [0.15, 0.2) is 42.5 Å². The van der Waals surface area contributed by atoms with Crippen LogP contribution in [-0.4, -0.2) is 63.2 Å². The Labute approximate surface area is 223 Å². The first-order chi connectivity index (χ1) is 17.5. The first-order valence-corrected chi connectivity index (χ1v) is 14.4. The van der Waals surface area contributed by atoms with E-state index >= 15 is 0 Å². The van der Waals surface area contributed by atoms with E-state index in [1.165, 1.54) is 9.21 Å². The molecule has 0 saturated heterocycles. The number of carbonyl (C=O) groups excluding carboxylic acids is 2. The van der Waals surface area contributed by atoms with Crippen LogP contribution in [0.4, 0.5) is 5.69 Å². The second-order valence-corrected chi connectivity index (χ2v) is 11.5. The summed E-state index contributed by atoms with van der Waals surface area (Å²) in [4.78, 5) is 27.6. The number of fused-ring (bicyclic) bond motifs is 1. The largest absolute Gasteiger partial charge is 0.486 e. The molecule has 1 atom stereocenters. The second kappa shape index (κ2) is 12.5. The third-order valence-electron chi connectivity index (χ3n) is 5.86. The lowest BCUT2D eigenvalue weighted by Gasteiger charge is -2.30. The average Bonchev–Trinajstić information content (AvgIpc) is 2.84. The number of hydrogen-bond acceptors (Lipinski definition) is 6. The van der Waals surface area contributed by atoms with Gasteiger partial charge < -0.3 is 19.7 Å². The number of benzene rings is 2. The predicted molar refractivity (Wildman–Crippen MR) is 144 cm³/mol. The van der Waals surface area contributed by atoms with Crippen molar-refractivity contribution in [1.82, 2.24) is 10.2 Å². The van der Waals surface area contributed by atoms with Crippen LogP contribution < -0.4 is 19.1 Å². The van der Waals surface area contributed by atoms with Crippen LogP contribution in [0.25, 0.3) is 0 Å². The molecule has 0 bridgehead atoms. The van der Waals surface area contributed by atoms with E-state index in [4.69, 9.17) is 21.1 Å². The van der Waals surface area contributed by atoms with Crippen molar-refractivity contribution < 1.29 is 27.5 Å². The number of halogens is 1. The van der Waals surface area contributed by atoms with Gasteiger partial charge in [-0.2, -0.15) is 0 Å². The SMILES string of the molecule is CC(C)NC(=O)[C@@H](C)N(Cc1ccccc1Cl)C(=O)CCCN(c1ccc2c(c1)OCCO2)S(C)(=O)=O. The van der Waals surface area contributed by atoms with Gasteiger partial charge in [0.2, 0.25) is 21.8 Å². The summed E-state index contributed by atoms with van der Waals surface area (Å²) in [6.07, 6.45) is 1.41. The smallest absolute Gasteiger partial charge is 0.242 e. The van der Waals surface area contributed by atoms with Gasteiger partial charge in [-0.3, -0.25) is 13.9 Å². The fraction of sp³-hybridized carbons (Fsp3) is 0.462. The third kappa shape index (κ3) is 7.75. The maximum Gasteiger partial charge on any atom is 0.242 e. The Balaban J connectivity index is 1.74. The van der Waals surface area contributed by atoms with E-state index in [1.807, 2.05) is 26.0 Å². The zero-order valence-electron chi connectivity index (χ0n) is 21.6. The van der Waals surface area contributed by atoms with E-state index in [0.29, 0.717) is 35.4 Å². The lowest BCUT2D eigenvalue weighted by Crippen LogP contribution is -2.49. The Morgan fingerprint density at radius 2 is 1.73 bits per heavy atom. The molecule has 2 amide bonds. The van der Waals surface area contributed by atoms with E-state index in [0.717, 1.165) is 11.8 Å². The van der Waals surface area contributed by atoms with E-state index < -0.39 is 16.1 Å². The molecule has 11 heteroatoms. The Hall–Kier alpha value is -2.98. The van der Waals surface area contributed by atoms with Crippen LogP contribution >= 0.6 is 11.6 Å². The summed E-state index contributed by atoms with van der Waals surface area (Å²) in [5.41, 5.74) is 1.15. The van der Waals surface area contributed by atoms with Crippen molar-refractivity contribution in [3.63, 3.8) is 0 Å². The Bertz CT molecular complexity index is 1220. The molecule has 0 aliphatic carbocycles. The minimum Gasteiger partial charge on any atom is -0.486 e. The number of rotatable bonds is 11. The summed E-state index contributed by atoms with van der Waals surface area (Å²) >= 11 is 6.32. The maximum atomic E-state index is 13.3. The molecule has 0 radical (unpaired) electrons. The number of carbonyl (C=O) groups is 2. The normalized spacial score (nSPS) is 13.7. The average molecular weight is 552 g/mol. The zero-order valence-corrected chi connectivity index (χ0v) is 23.1. The molecule has 1 aliphatic heterocycles. The summed E-state index contributed by atoms with van der Waals surface area (Å²) < 4.78 is 37.5. The Morgan fingerprint density at radius 3 is 2.38 bits per heavy atom. The number of hydrogen-bond donors (Lipinski definition) is 1. The van der Waals surface area contributed by atoms with E-state index in [9.17, 15) is 18.0 Å². The number of nitrogens with one attached hydrogen (secondary N) is 1. The van der Waals surface area contributed by atoms with E-state index in [-0.39, 0.29) is 43.8 Å². The molecule has 37 heavy (non-hydrogen) atoms. The Kier molecular flexibility index (Phi) is 9.67. The van der Waals surface area contributed by atoms with Gasteiger partial charge in [0.05, 0.1) is 11.9 Å². The summed E-state index contributed by atoms with van der Waals surface area (Å²) in [6, 6.07) is 11.3. The van der Waals surface area contributed by atoms with Crippen molar-refractivity contribution in [2.75, 3.05) is 30.3 Å². The van der Waals surface area contributed by atoms with Crippen molar-refractivity contribution in [2.24, 2.45) is 0 Å². The minimum absolute atomic E-state index is 0.0420. The van der Waals surface area contributed by atoms with Crippen LogP contribution in [0, 0.1) is 0 Å². The molecule has 202 valence electrons. The van der Waals surface area contributed by atoms with Crippen molar-refractivity contribution in [3.8, 4) is 11.5 Å². The van der Waals surface area contributed by atoms with Crippen molar-refractivity contribution in [3.05, 3.63) is 53.1 Å². The quantitative estimate of drug-likeness (QED) is 0.457. The highest BCUT2D eigenvalue weighted by atomic mass is 35.5. The van der Waals surface area contributed by atoms with Gasteiger partial charge in [-0.25, -0.2) is 8.42 Å². The molecule has 1 aliphatic rings. The van der Waals surface area contributed by atoms with Gasteiger partial charge in [0.25, 0.3) is 0 Å². The minimum atomic E-state index is -3.63. The highest BCUT2D eigenvalue weighted by molar-refractivity contribution is 7.92. The lowest BCUT2D eigenvalue weighted by atomic mass is 10.1. The van der Waals surface area contributed by atoms with Crippen LogP contribution in [0.5, 0.6) is 11.5 Å². The number of ether oxygens (including phenoxy) is 2. The second-order valence-electron chi connectivity index (χ2n) is 9.22. The molecule has 3 rings (SSSR count). The molecular weight excluding hydrogens is 518 g/mol. The maximum absolute atomic E-state index is 13.3. The Morgan fingerprint density at radius 1 is 1.05 bits per heavy atom. The molecular formula is C26H34ClN3O6S. The fourth-order valence-corrected chi connectivity index (χ4v) is 5.14. The van der Waals surface area contributed by atoms with Gasteiger partial charge >= 0.3 is 0 Å². The summed E-state index contributed by atoms with van der Waals surface area (Å²) in [5.74, 6) is 0.485. The van der Waals surface area contributed by atoms with Gasteiger partial charge in [0, 0.05) is 36.6 Å². The first kappa shape index (κ1) is 28.6. The van der Waals surface area contributed by atoms with Gasteiger partial charge in [0.1, 0.15) is 19.3 Å². The summed E-state index contributed by atoms with van der Waals surface area (Å²) in [5, 5.41) is 3.34. The van der Waals surface area contributed by atoms with Gasteiger partial charge in [-0.15, -0.1) is 0 Å². The molecule has 9 nitrogen and oxygen atoms in total. The lowest BCUT2D eigenvalue weighted by molar-refractivity contribution is -0.140. The molecule has 0 spiro atoms. The number of nitrogens with zero attached hydrogens (tertiary/aromatic N) is 2. The number of amides is 2. The fourth-order valence-electron chi connectivity index (χ4n) is 3.99. The van der Waals surface area contributed by atoms with Gasteiger partial charge in [-0.1, -0.05) is 29.8 Å². The van der Waals surface area contributed by atoms with Crippen molar-refractivity contribution in [2.45, 2.75) is 52.2 Å². The molecule has 2 aromatic rings. The van der Waals surface area contributed by atoms with Crippen LogP contribution in [0.2, 0.25) is 5.02 Å². The molecule has 1 heterocycles. The van der Waals surface area contributed by atoms with Gasteiger partial charge in [-0.05, 0) is 51.0 Å².